The van der Waals surface area contributed by atoms with Crippen LogP contribution >= 0.6 is 0 Å². The number of likely N-dealkylation sites (tertiary alicyclic amines) is 1. The van der Waals surface area contributed by atoms with Gasteiger partial charge in [0.2, 0.25) is 0 Å². The van der Waals surface area contributed by atoms with Crippen LogP contribution in [0.3, 0.4) is 0 Å². The minimum absolute atomic E-state index is 0.271. The summed E-state index contributed by atoms with van der Waals surface area (Å²) in [5.74, 6) is -0.271. The number of aromatic amines is 2. The molecule has 6 aromatic rings. The number of rotatable bonds is 5. The van der Waals surface area contributed by atoms with Gasteiger partial charge in [0, 0.05) is 36.1 Å². The number of fused-ring (bicyclic) bond motifs is 2. The van der Waals surface area contributed by atoms with Gasteiger partial charge in [0.15, 0.2) is 0 Å². The van der Waals surface area contributed by atoms with Crippen LogP contribution in [0.5, 0.6) is 0 Å². The van der Waals surface area contributed by atoms with Gasteiger partial charge in [0.1, 0.15) is 22.7 Å². The van der Waals surface area contributed by atoms with Crippen LogP contribution in [0.4, 0.5) is 4.39 Å². The highest BCUT2D eigenvalue weighted by Gasteiger charge is 2.17. The first-order valence-electron chi connectivity index (χ1n) is 12.5. The summed E-state index contributed by atoms with van der Waals surface area (Å²) >= 11 is 0. The molecular formula is C29H24FN7. The zero-order valence-electron chi connectivity index (χ0n) is 20.1. The SMILES string of the molecule is Fc1cccc(-c2ccnc3[nH]c(-c4n[nH]c5ccc(-c6cncc(CN7CCCC7)c6)nc45)cc23)c1. The van der Waals surface area contributed by atoms with E-state index < -0.39 is 0 Å². The van der Waals surface area contributed by atoms with Crippen molar-refractivity contribution in [2.45, 2.75) is 19.4 Å². The number of nitrogens with one attached hydrogen (secondary N) is 2. The summed E-state index contributed by atoms with van der Waals surface area (Å²) in [7, 11) is 0. The average molecular weight is 490 g/mol. The van der Waals surface area contributed by atoms with Crippen LogP contribution in [0, 0.1) is 5.82 Å². The Kier molecular flexibility index (Phi) is 5.25. The van der Waals surface area contributed by atoms with Crippen molar-refractivity contribution in [1.29, 1.82) is 0 Å². The third kappa shape index (κ3) is 4.05. The normalized spacial score (nSPS) is 14.2. The monoisotopic (exact) mass is 489 g/mol. The van der Waals surface area contributed by atoms with Crippen molar-refractivity contribution in [3.63, 3.8) is 0 Å². The maximum atomic E-state index is 13.9. The molecule has 182 valence electrons. The number of nitrogens with zero attached hydrogens (tertiary/aromatic N) is 5. The maximum Gasteiger partial charge on any atom is 0.138 e. The molecule has 8 heteroatoms. The third-order valence-electron chi connectivity index (χ3n) is 7.03. The van der Waals surface area contributed by atoms with E-state index in [1.807, 2.05) is 42.7 Å². The van der Waals surface area contributed by atoms with Crippen LogP contribution in [0.1, 0.15) is 18.4 Å². The van der Waals surface area contributed by atoms with Crippen LogP contribution in [0.2, 0.25) is 0 Å². The standard InChI is InChI=1S/C29H24FN7/c30-21-5-3-4-19(13-21)22-8-9-32-29-23(22)14-26(34-29)28-27-25(35-36-28)7-6-24(33-27)20-12-18(15-31-16-20)17-37-10-1-2-11-37/h3-9,12-16H,1-2,10-11,17H2,(H,32,34)(H,35,36). The summed E-state index contributed by atoms with van der Waals surface area (Å²) in [6.45, 7) is 3.20. The zero-order valence-corrected chi connectivity index (χ0v) is 20.1. The Labute approximate surface area is 212 Å². The van der Waals surface area contributed by atoms with Crippen molar-refractivity contribution in [2.75, 3.05) is 13.1 Å². The lowest BCUT2D eigenvalue weighted by atomic mass is 10.0. The number of aromatic nitrogens is 6. The van der Waals surface area contributed by atoms with Crippen molar-refractivity contribution in [1.82, 2.24) is 35.0 Å². The molecule has 0 bridgehead atoms. The Balaban J connectivity index is 1.28. The molecule has 1 saturated heterocycles. The summed E-state index contributed by atoms with van der Waals surface area (Å²) < 4.78 is 13.9. The van der Waals surface area contributed by atoms with E-state index in [4.69, 9.17) is 4.98 Å². The summed E-state index contributed by atoms with van der Waals surface area (Å²) in [6, 6.07) is 16.7. The topological polar surface area (TPSA) is 86.4 Å². The molecule has 1 aromatic carbocycles. The van der Waals surface area contributed by atoms with E-state index in [0.717, 1.165) is 64.1 Å². The fourth-order valence-electron chi connectivity index (χ4n) is 5.22. The van der Waals surface area contributed by atoms with Gasteiger partial charge in [-0.15, -0.1) is 0 Å². The molecule has 2 N–H and O–H groups in total. The summed E-state index contributed by atoms with van der Waals surface area (Å²) in [5.41, 5.74) is 8.55. The predicted octanol–water partition coefficient (Wildman–Crippen LogP) is 5.97. The lowest BCUT2D eigenvalue weighted by molar-refractivity contribution is 0.331. The van der Waals surface area contributed by atoms with Crippen molar-refractivity contribution < 1.29 is 4.39 Å². The molecule has 1 aliphatic heterocycles. The van der Waals surface area contributed by atoms with Crippen molar-refractivity contribution >= 4 is 22.1 Å². The highest BCUT2D eigenvalue weighted by molar-refractivity contribution is 5.99. The van der Waals surface area contributed by atoms with Gasteiger partial charge in [0.25, 0.3) is 0 Å². The summed E-state index contributed by atoms with van der Waals surface area (Å²) in [6.07, 6.45) is 8.06. The maximum absolute atomic E-state index is 13.9. The van der Waals surface area contributed by atoms with Gasteiger partial charge in [-0.3, -0.25) is 15.0 Å². The molecule has 0 radical (unpaired) electrons. The lowest BCUT2D eigenvalue weighted by Crippen LogP contribution is -2.18. The number of benzene rings is 1. The van der Waals surface area contributed by atoms with Crippen molar-refractivity contribution in [3.05, 3.63) is 84.6 Å². The molecule has 0 aliphatic carbocycles. The Hall–Kier alpha value is -4.43. The predicted molar refractivity (Wildman–Crippen MR) is 142 cm³/mol. The highest BCUT2D eigenvalue weighted by atomic mass is 19.1. The molecule has 37 heavy (non-hydrogen) atoms. The van der Waals surface area contributed by atoms with E-state index in [-0.39, 0.29) is 5.82 Å². The molecule has 0 amide bonds. The second-order valence-electron chi connectivity index (χ2n) is 9.54. The van der Waals surface area contributed by atoms with Crippen LogP contribution in [-0.4, -0.2) is 48.1 Å². The first-order valence-corrected chi connectivity index (χ1v) is 12.5. The van der Waals surface area contributed by atoms with E-state index in [0.29, 0.717) is 11.3 Å². The van der Waals surface area contributed by atoms with Gasteiger partial charge in [-0.2, -0.15) is 5.10 Å². The number of H-pyrrole nitrogens is 2. The Morgan fingerprint density at radius 3 is 2.76 bits per heavy atom. The van der Waals surface area contributed by atoms with E-state index in [2.05, 4.69) is 36.1 Å². The molecule has 0 atom stereocenters. The van der Waals surface area contributed by atoms with Gasteiger partial charge >= 0.3 is 0 Å². The van der Waals surface area contributed by atoms with E-state index in [1.54, 1.807) is 12.3 Å². The third-order valence-corrected chi connectivity index (χ3v) is 7.03. The Bertz CT molecular complexity index is 1750. The Morgan fingerprint density at radius 1 is 0.946 bits per heavy atom. The van der Waals surface area contributed by atoms with Gasteiger partial charge < -0.3 is 4.98 Å². The van der Waals surface area contributed by atoms with Gasteiger partial charge in [-0.05, 0) is 85.1 Å². The van der Waals surface area contributed by atoms with E-state index >= 15 is 0 Å². The van der Waals surface area contributed by atoms with Crippen LogP contribution < -0.4 is 0 Å². The Morgan fingerprint density at radius 2 is 1.86 bits per heavy atom. The molecular weight excluding hydrogens is 465 g/mol. The number of halogens is 1. The first-order chi connectivity index (χ1) is 18.2. The molecule has 7 rings (SSSR count). The molecule has 7 nitrogen and oxygen atoms in total. The molecule has 5 aromatic heterocycles. The van der Waals surface area contributed by atoms with Gasteiger partial charge in [-0.25, -0.2) is 14.4 Å². The fraction of sp³-hybridized carbons (Fsp3) is 0.172. The van der Waals surface area contributed by atoms with Gasteiger partial charge in [-0.1, -0.05) is 12.1 Å². The van der Waals surface area contributed by atoms with Crippen molar-refractivity contribution in [3.8, 4) is 33.8 Å². The molecule has 1 aliphatic rings. The van der Waals surface area contributed by atoms with Crippen molar-refractivity contribution in [2.24, 2.45) is 0 Å². The highest BCUT2D eigenvalue weighted by Crippen LogP contribution is 2.33. The average Bonchev–Trinajstić information content (AvgIpc) is 3.67. The fourth-order valence-corrected chi connectivity index (χ4v) is 5.22. The second kappa shape index (κ2) is 8.90. The molecule has 0 spiro atoms. The first kappa shape index (κ1) is 21.8. The molecule has 0 saturated carbocycles. The van der Waals surface area contributed by atoms with E-state index in [9.17, 15) is 4.39 Å². The van der Waals surface area contributed by atoms with Crippen LogP contribution in [0.15, 0.2) is 73.2 Å². The number of hydrogen-bond acceptors (Lipinski definition) is 5. The molecule has 0 unspecified atom stereocenters. The van der Waals surface area contributed by atoms with Crippen LogP contribution in [-0.2, 0) is 6.54 Å². The lowest BCUT2D eigenvalue weighted by Gasteiger charge is -2.14. The van der Waals surface area contributed by atoms with E-state index in [1.165, 1.54) is 30.5 Å². The molecule has 1 fully saturated rings. The second-order valence-corrected chi connectivity index (χ2v) is 9.54. The van der Waals surface area contributed by atoms with Crippen LogP contribution in [0.25, 0.3) is 55.8 Å². The minimum Gasteiger partial charge on any atom is -0.338 e. The smallest absolute Gasteiger partial charge is 0.138 e. The zero-order chi connectivity index (χ0) is 24.8. The number of pyridine rings is 3. The van der Waals surface area contributed by atoms with Gasteiger partial charge in [0.05, 0.1) is 16.9 Å². The summed E-state index contributed by atoms with van der Waals surface area (Å²) in [5, 5.41) is 8.57. The molecule has 6 heterocycles. The quantitative estimate of drug-likeness (QED) is 0.312. The minimum atomic E-state index is -0.271. The number of hydrogen-bond donors (Lipinski definition) is 2. The largest absolute Gasteiger partial charge is 0.338 e. The summed E-state index contributed by atoms with van der Waals surface area (Å²) in [4.78, 5) is 19.8.